The Balaban J connectivity index is 1.46. The minimum absolute atomic E-state index is 0.106. The molecule has 1 saturated heterocycles. The molecule has 1 N–H and O–H groups in total. The molecule has 24 heavy (non-hydrogen) atoms. The molecule has 2 atom stereocenters. The minimum Gasteiger partial charge on any atom is -0.347 e. The lowest BCUT2D eigenvalue weighted by atomic mass is 9.89. The Morgan fingerprint density at radius 3 is 2.92 bits per heavy atom. The molecule has 2 aliphatic rings. The van der Waals surface area contributed by atoms with Gasteiger partial charge in [0.2, 0.25) is 5.82 Å². The van der Waals surface area contributed by atoms with Gasteiger partial charge in [-0.25, -0.2) is 0 Å². The number of hydrogen-bond acceptors (Lipinski definition) is 5. The highest BCUT2D eigenvalue weighted by atomic mass is 32.1. The number of carbonyl (C=O) groups excluding carboxylic acids is 1. The molecule has 2 aromatic rings. The van der Waals surface area contributed by atoms with Crippen LogP contribution in [0.2, 0.25) is 0 Å². The molecule has 0 saturated carbocycles. The predicted octanol–water partition coefficient (Wildman–Crippen LogP) is 1.78. The number of likely N-dealkylation sites (tertiary alicyclic amines) is 1. The van der Waals surface area contributed by atoms with E-state index in [-0.39, 0.29) is 11.9 Å². The standard InChI is InChI=1S/C17H23N5OS/c1-11(2)18-17(23)16-20-19-15-5-13-7-21(6-12-3-4-24-10-12)8-14(13)9-22(15)16/h3-4,10-11,13-14H,5-9H2,1-2H3,(H,18,23)/t13-,14+/m0/s1. The summed E-state index contributed by atoms with van der Waals surface area (Å²) in [5.41, 5.74) is 1.40. The summed E-state index contributed by atoms with van der Waals surface area (Å²) in [4.78, 5) is 14.8. The Morgan fingerprint density at radius 1 is 1.33 bits per heavy atom. The van der Waals surface area contributed by atoms with Crippen LogP contribution in [0.25, 0.3) is 0 Å². The topological polar surface area (TPSA) is 63.1 Å². The summed E-state index contributed by atoms with van der Waals surface area (Å²) in [6.07, 6.45) is 0.923. The number of fused-ring (bicyclic) bond motifs is 2. The molecule has 0 aliphatic carbocycles. The molecular weight excluding hydrogens is 322 g/mol. The summed E-state index contributed by atoms with van der Waals surface area (Å²) in [5, 5.41) is 15.7. The first-order valence-corrected chi connectivity index (χ1v) is 9.51. The van der Waals surface area contributed by atoms with E-state index in [1.165, 1.54) is 5.56 Å². The molecule has 4 rings (SSSR count). The molecule has 2 aromatic heterocycles. The molecule has 0 bridgehead atoms. The molecule has 1 fully saturated rings. The van der Waals surface area contributed by atoms with Gasteiger partial charge in [-0.2, -0.15) is 11.3 Å². The van der Waals surface area contributed by atoms with E-state index in [9.17, 15) is 4.79 Å². The van der Waals surface area contributed by atoms with Gasteiger partial charge in [0.05, 0.1) is 0 Å². The highest BCUT2D eigenvalue weighted by Gasteiger charge is 2.39. The maximum absolute atomic E-state index is 12.3. The van der Waals surface area contributed by atoms with E-state index in [2.05, 4.69) is 37.2 Å². The first kappa shape index (κ1) is 15.8. The van der Waals surface area contributed by atoms with Crippen molar-refractivity contribution in [3.05, 3.63) is 34.0 Å². The average molecular weight is 345 g/mol. The molecule has 4 heterocycles. The molecule has 6 nitrogen and oxygen atoms in total. The Morgan fingerprint density at radius 2 is 2.17 bits per heavy atom. The van der Waals surface area contributed by atoms with Crippen molar-refractivity contribution in [2.24, 2.45) is 11.8 Å². The third-order valence-electron chi connectivity index (χ3n) is 4.95. The number of nitrogens with one attached hydrogen (secondary N) is 1. The number of rotatable bonds is 4. The van der Waals surface area contributed by atoms with Crippen molar-refractivity contribution < 1.29 is 4.79 Å². The molecule has 0 unspecified atom stereocenters. The van der Waals surface area contributed by atoms with Crippen LogP contribution >= 0.6 is 11.3 Å². The van der Waals surface area contributed by atoms with Gasteiger partial charge < -0.3 is 9.88 Å². The van der Waals surface area contributed by atoms with E-state index in [1.54, 1.807) is 11.3 Å². The van der Waals surface area contributed by atoms with Gasteiger partial charge in [0, 0.05) is 38.6 Å². The third-order valence-corrected chi connectivity index (χ3v) is 5.68. The zero-order valence-corrected chi connectivity index (χ0v) is 14.9. The van der Waals surface area contributed by atoms with E-state index in [0.29, 0.717) is 17.7 Å². The van der Waals surface area contributed by atoms with Gasteiger partial charge in [0.1, 0.15) is 5.82 Å². The zero-order chi connectivity index (χ0) is 16.7. The summed E-state index contributed by atoms with van der Waals surface area (Å²) in [7, 11) is 0. The highest BCUT2D eigenvalue weighted by Crippen LogP contribution is 2.33. The molecule has 7 heteroatoms. The van der Waals surface area contributed by atoms with Crippen LogP contribution in [0.15, 0.2) is 16.8 Å². The van der Waals surface area contributed by atoms with Crippen molar-refractivity contribution in [1.82, 2.24) is 25.0 Å². The van der Waals surface area contributed by atoms with Crippen LogP contribution in [0, 0.1) is 11.8 Å². The van der Waals surface area contributed by atoms with Crippen molar-refractivity contribution in [2.45, 2.75) is 39.4 Å². The summed E-state index contributed by atoms with van der Waals surface area (Å²) >= 11 is 1.76. The van der Waals surface area contributed by atoms with Crippen molar-refractivity contribution in [1.29, 1.82) is 0 Å². The molecule has 128 valence electrons. The maximum atomic E-state index is 12.3. The molecule has 0 radical (unpaired) electrons. The maximum Gasteiger partial charge on any atom is 0.289 e. The Kier molecular flexibility index (Phi) is 4.14. The van der Waals surface area contributed by atoms with Crippen LogP contribution in [0.1, 0.15) is 35.9 Å². The lowest BCUT2D eigenvalue weighted by Gasteiger charge is -2.25. The number of aromatic nitrogens is 3. The predicted molar refractivity (Wildman–Crippen MR) is 92.9 cm³/mol. The largest absolute Gasteiger partial charge is 0.347 e. The van der Waals surface area contributed by atoms with Gasteiger partial charge in [0.15, 0.2) is 0 Å². The Hall–Kier alpha value is -1.73. The second kappa shape index (κ2) is 6.29. The first-order chi connectivity index (χ1) is 11.6. The fraction of sp³-hybridized carbons (Fsp3) is 0.588. The fourth-order valence-corrected chi connectivity index (χ4v) is 4.55. The van der Waals surface area contributed by atoms with Gasteiger partial charge in [-0.15, -0.1) is 10.2 Å². The average Bonchev–Trinajstić information content (AvgIpc) is 3.22. The molecule has 0 aromatic carbocycles. The summed E-state index contributed by atoms with van der Waals surface area (Å²) < 4.78 is 2.03. The van der Waals surface area contributed by atoms with Crippen LogP contribution in [0.3, 0.4) is 0 Å². The monoisotopic (exact) mass is 345 g/mol. The van der Waals surface area contributed by atoms with Crippen LogP contribution in [0.5, 0.6) is 0 Å². The van der Waals surface area contributed by atoms with Crippen LogP contribution < -0.4 is 5.32 Å². The normalized spacial score (nSPS) is 23.3. The molecular formula is C17H23N5OS. The number of hydrogen-bond donors (Lipinski definition) is 1. The SMILES string of the molecule is CC(C)NC(=O)c1nnc2n1C[C@H]1CN(Cc3ccsc3)C[C@@H]1C2. The quantitative estimate of drug-likeness (QED) is 0.917. The van der Waals surface area contributed by atoms with Gasteiger partial charge in [-0.05, 0) is 48.1 Å². The van der Waals surface area contributed by atoms with E-state index in [4.69, 9.17) is 0 Å². The van der Waals surface area contributed by atoms with Gasteiger partial charge in [0.25, 0.3) is 5.91 Å². The highest BCUT2D eigenvalue weighted by molar-refractivity contribution is 7.07. The lowest BCUT2D eigenvalue weighted by molar-refractivity contribution is 0.0924. The van der Waals surface area contributed by atoms with Crippen LogP contribution in [-0.4, -0.2) is 44.7 Å². The fourth-order valence-electron chi connectivity index (χ4n) is 3.89. The first-order valence-electron chi connectivity index (χ1n) is 8.56. The van der Waals surface area contributed by atoms with Crippen LogP contribution in [0.4, 0.5) is 0 Å². The Bertz CT molecular complexity index is 723. The van der Waals surface area contributed by atoms with Gasteiger partial charge >= 0.3 is 0 Å². The molecule has 2 aliphatic heterocycles. The molecule has 1 amide bonds. The van der Waals surface area contributed by atoms with E-state index >= 15 is 0 Å². The van der Waals surface area contributed by atoms with Gasteiger partial charge in [-0.3, -0.25) is 9.69 Å². The van der Waals surface area contributed by atoms with E-state index < -0.39 is 0 Å². The smallest absolute Gasteiger partial charge is 0.289 e. The second-order valence-corrected chi connectivity index (χ2v) is 8.01. The van der Waals surface area contributed by atoms with Crippen molar-refractivity contribution in [3.8, 4) is 0 Å². The van der Waals surface area contributed by atoms with Crippen molar-refractivity contribution >= 4 is 17.2 Å². The third kappa shape index (κ3) is 2.98. The summed E-state index contributed by atoms with van der Waals surface area (Å²) in [6.45, 7) is 8.00. The lowest BCUT2D eigenvalue weighted by Crippen LogP contribution is -2.35. The zero-order valence-electron chi connectivity index (χ0n) is 14.1. The van der Waals surface area contributed by atoms with E-state index in [0.717, 1.165) is 38.4 Å². The molecule has 0 spiro atoms. The number of amides is 1. The Labute approximate surface area is 145 Å². The summed E-state index contributed by atoms with van der Waals surface area (Å²) in [6, 6.07) is 2.31. The van der Waals surface area contributed by atoms with Crippen molar-refractivity contribution in [2.75, 3.05) is 13.1 Å². The van der Waals surface area contributed by atoms with Crippen molar-refractivity contribution in [3.63, 3.8) is 0 Å². The number of thiophene rings is 1. The van der Waals surface area contributed by atoms with E-state index in [1.807, 2.05) is 18.4 Å². The number of nitrogens with zero attached hydrogens (tertiary/aromatic N) is 4. The van der Waals surface area contributed by atoms with Gasteiger partial charge in [-0.1, -0.05) is 0 Å². The number of carbonyl (C=O) groups is 1. The summed E-state index contributed by atoms with van der Waals surface area (Å²) in [5.74, 6) is 2.52. The van der Waals surface area contributed by atoms with Crippen LogP contribution in [-0.2, 0) is 19.5 Å². The second-order valence-electron chi connectivity index (χ2n) is 7.23. The minimum atomic E-state index is -0.115.